The van der Waals surface area contributed by atoms with Crippen LogP contribution < -0.4 is 15.4 Å². The van der Waals surface area contributed by atoms with Crippen molar-refractivity contribution >= 4 is 5.96 Å². The zero-order chi connectivity index (χ0) is 20.4. The molecule has 0 saturated heterocycles. The Morgan fingerprint density at radius 1 is 1.25 bits per heavy atom. The summed E-state index contributed by atoms with van der Waals surface area (Å²) < 4.78 is 11.1. The van der Waals surface area contributed by atoms with E-state index in [0.29, 0.717) is 25.8 Å². The van der Waals surface area contributed by atoms with E-state index in [1.54, 1.807) is 7.11 Å². The van der Waals surface area contributed by atoms with E-state index in [1.807, 2.05) is 0 Å². The Kier molecular flexibility index (Phi) is 9.58. The van der Waals surface area contributed by atoms with Gasteiger partial charge in [0, 0.05) is 44.8 Å². The molecular weight excluding hydrogens is 352 g/mol. The van der Waals surface area contributed by atoms with Gasteiger partial charge in [-0.25, -0.2) is 4.99 Å². The van der Waals surface area contributed by atoms with Crippen LogP contribution in [-0.4, -0.2) is 64.4 Å². The molecule has 2 N–H and O–H groups in total. The molecule has 1 saturated carbocycles. The molecular formula is C22H38N4O2. The molecule has 2 rings (SSSR count). The van der Waals surface area contributed by atoms with Gasteiger partial charge in [-0.3, -0.25) is 0 Å². The van der Waals surface area contributed by atoms with Crippen LogP contribution in [-0.2, 0) is 11.3 Å². The monoisotopic (exact) mass is 390 g/mol. The van der Waals surface area contributed by atoms with E-state index in [-0.39, 0.29) is 0 Å². The fourth-order valence-electron chi connectivity index (χ4n) is 3.27. The number of aliphatic imine (C=N–C) groups is 1. The van der Waals surface area contributed by atoms with Crippen molar-refractivity contribution in [3.8, 4) is 5.75 Å². The molecule has 1 aromatic carbocycles. The van der Waals surface area contributed by atoms with Crippen LogP contribution in [0, 0.1) is 12.8 Å². The largest absolute Gasteiger partial charge is 0.493 e. The summed E-state index contributed by atoms with van der Waals surface area (Å²) in [6.07, 6.45) is 3.56. The van der Waals surface area contributed by atoms with Gasteiger partial charge in [-0.15, -0.1) is 0 Å². The van der Waals surface area contributed by atoms with E-state index in [9.17, 15) is 0 Å². The summed E-state index contributed by atoms with van der Waals surface area (Å²) >= 11 is 0. The number of hydrogen-bond acceptors (Lipinski definition) is 4. The van der Waals surface area contributed by atoms with Gasteiger partial charge >= 0.3 is 0 Å². The Morgan fingerprint density at radius 2 is 2.04 bits per heavy atom. The van der Waals surface area contributed by atoms with Gasteiger partial charge in [0.1, 0.15) is 5.75 Å². The molecule has 1 atom stereocenters. The molecule has 0 amide bonds. The van der Waals surface area contributed by atoms with Gasteiger partial charge < -0.3 is 25.0 Å². The molecule has 1 unspecified atom stereocenters. The number of aryl methyl sites for hydroxylation is 1. The van der Waals surface area contributed by atoms with Crippen molar-refractivity contribution in [3.63, 3.8) is 0 Å². The molecule has 1 fully saturated rings. The fraction of sp³-hybridized carbons (Fsp3) is 0.682. The van der Waals surface area contributed by atoms with Crippen LogP contribution in [0.15, 0.2) is 23.2 Å². The molecule has 6 nitrogen and oxygen atoms in total. The third-order valence-electron chi connectivity index (χ3n) is 5.03. The summed E-state index contributed by atoms with van der Waals surface area (Å²) in [5.74, 6) is 2.59. The average molecular weight is 391 g/mol. The lowest BCUT2D eigenvalue weighted by Crippen LogP contribution is -2.46. The summed E-state index contributed by atoms with van der Waals surface area (Å²) in [5.41, 5.74) is 2.30. The Morgan fingerprint density at radius 3 is 2.68 bits per heavy atom. The average Bonchev–Trinajstić information content (AvgIpc) is 3.49. The number of likely N-dealkylation sites (N-methyl/N-ethyl adjacent to an activating group) is 1. The summed E-state index contributed by atoms with van der Waals surface area (Å²) in [5, 5.41) is 6.88. The molecule has 158 valence electrons. The molecule has 0 aliphatic heterocycles. The minimum atomic E-state index is 0.558. The number of rotatable bonds is 12. The third kappa shape index (κ3) is 7.68. The number of ether oxygens (including phenoxy) is 2. The summed E-state index contributed by atoms with van der Waals surface area (Å²) in [4.78, 5) is 7.12. The predicted octanol–water partition coefficient (Wildman–Crippen LogP) is 2.81. The molecule has 0 radical (unpaired) electrons. The summed E-state index contributed by atoms with van der Waals surface area (Å²) in [6, 6.07) is 6.87. The molecule has 1 aliphatic carbocycles. The molecule has 28 heavy (non-hydrogen) atoms. The second kappa shape index (κ2) is 11.9. The van der Waals surface area contributed by atoms with Crippen molar-refractivity contribution in [2.75, 3.05) is 47.5 Å². The summed E-state index contributed by atoms with van der Waals surface area (Å²) in [7, 11) is 6.04. The maximum Gasteiger partial charge on any atom is 0.191 e. The Labute approximate surface area is 170 Å². The maximum atomic E-state index is 5.98. The van der Waals surface area contributed by atoms with Crippen molar-refractivity contribution < 1.29 is 9.47 Å². The van der Waals surface area contributed by atoms with E-state index < -0.39 is 0 Å². The second-order valence-corrected chi connectivity index (χ2v) is 7.75. The van der Waals surface area contributed by atoms with Crippen molar-refractivity contribution in [2.45, 2.75) is 45.7 Å². The Balaban J connectivity index is 1.98. The van der Waals surface area contributed by atoms with Crippen LogP contribution >= 0.6 is 0 Å². The maximum absolute atomic E-state index is 5.98. The standard InChI is InChI=1S/C22H38N4O2/c1-6-23-22(25-16-20(26(3)4)18-10-11-18)24-15-19-9-8-17(2)14-21(19)28-13-7-12-27-5/h8-9,14,18,20H,6-7,10-13,15-16H2,1-5H3,(H2,23,24,25). The summed E-state index contributed by atoms with van der Waals surface area (Å²) in [6.45, 7) is 7.89. The first-order valence-electron chi connectivity index (χ1n) is 10.4. The SMILES string of the molecule is CCNC(=NCc1ccc(C)cc1OCCCOC)NCC(C1CC1)N(C)C. The Bertz CT molecular complexity index is 613. The van der Waals surface area contributed by atoms with Gasteiger partial charge in [0.25, 0.3) is 0 Å². The zero-order valence-corrected chi connectivity index (χ0v) is 18.3. The topological polar surface area (TPSA) is 58.1 Å². The van der Waals surface area contributed by atoms with Gasteiger partial charge in [-0.2, -0.15) is 0 Å². The van der Waals surface area contributed by atoms with E-state index in [2.05, 4.69) is 61.7 Å². The van der Waals surface area contributed by atoms with Crippen LogP contribution in [0.25, 0.3) is 0 Å². The number of guanidine groups is 1. The number of nitrogens with zero attached hydrogens (tertiary/aromatic N) is 2. The lowest BCUT2D eigenvalue weighted by Gasteiger charge is -2.25. The first-order chi connectivity index (χ1) is 13.5. The van der Waals surface area contributed by atoms with Crippen molar-refractivity contribution in [1.82, 2.24) is 15.5 Å². The number of hydrogen-bond donors (Lipinski definition) is 2. The van der Waals surface area contributed by atoms with Gasteiger partial charge in [-0.1, -0.05) is 12.1 Å². The Hall–Kier alpha value is -1.79. The van der Waals surface area contributed by atoms with Crippen molar-refractivity contribution in [2.24, 2.45) is 10.9 Å². The smallest absolute Gasteiger partial charge is 0.191 e. The van der Waals surface area contributed by atoms with E-state index in [1.165, 1.54) is 18.4 Å². The van der Waals surface area contributed by atoms with Crippen LogP contribution in [0.3, 0.4) is 0 Å². The number of nitrogens with one attached hydrogen (secondary N) is 2. The minimum absolute atomic E-state index is 0.558. The number of methoxy groups -OCH3 is 1. The highest BCUT2D eigenvalue weighted by Crippen LogP contribution is 2.34. The number of benzene rings is 1. The second-order valence-electron chi connectivity index (χ2n) is 7.75. The molecule has 6 heteroatoms. The molecule has 0 bridgehead atoms. The lowest BCUT2D eigenvalue weighted by molar-refractivity contribution is 0.172. The van der Waals surface area contributed by atoms with Crippen LogP contribution in [0.2, 0.25) is 0 Å². The highest BCUT2D eigenvalue weighted by atomic mass is 16.5. The van der Waals surface area contributed by atoms with Gasteiger partial charge in [0.2, 0.25) is 0 Å². The predicted molar refractivity (Wildman–Crippen MR) is 116 cm³/mol. The molecule has 0 aromatic heterocycles. The van der Waals surface area contributed by atoms with Crippen LogP contribution in [0.1, 0.15) is 37.3 Å². The van der Waals surface area contributed by atoms with Crippen LogP contribution in [0.4, 0.5) is 0 Å². The molecule has 0 heterocycles. The highest BCUT2D eigenvalue weighted by Gasteiger charge is 2.32. The van der Waals surface area contributed by atoms with Gasteiger partial charge in [-0.05, 0) is 58.3 Å². The first-order valence-corrected chi connectivity index (χ1v) is 10.4. The van der Waals surface area contributed by atoms with Gasteiger partial charge in [0.05, 0.1) is 13.2 Å². The van der Waals surface area contributed by atoms with E-state index in [4.69, 9.17) is 14.5 Å². The quantitative estimate of drug-likeness (QED) is 0.327. The fourth-order valence-corrected chi connectivity index (χ4v) is 3.27. The zero-order valence-electron chi connectivity index (χ0n) is 18.3. The molecule has 0 spiro atoms. The highest BCUT2D eigenvalue weighted by molar-refractivity contribution is 5.79. The molecule has 1 aromatic rings. The normalized spacial score (nSPS) is 15.6. The van der Waals surface area contributed by atoms with E-state index >= 15 is 0 Å². The minimum Gasteiger partial charge on any atom is -0.493 e. The van der Waals surface area contributed by atoms with Crippen LogP contribution in [0.5, 0.6) is 5.75 Å². The van der Waals surface area contributed by atoms with Crippen molar-refractivity contribution in [1.29, 1.82) is 0 Å². The van der Waals surface area contributed by atoms with Gasteiger partial charge in [0.15, 0.2) is 5.96 Å². The van der Waals surface area contributed by atoms with E-state index in [0.717, 1.165) is 42.7 Å². The third-order valence-corrected chi connectivity index (χ3v) is 5.03. The lowest BCUT2D eigenvalue weighted by atomic mass is 10.1. The van der Waals surface area contributed by atoms with Crippen molar-refractivity contribution in [3.05, 3.63) is 29.3 Å². The first kappa shape index (κ1) is 22.5. The molecule has 1 aliphatic rings.